The highest BCUT2D eigenvalue weighted by Gasteiger charge is 2.19. The Balaban J connectivity index is 1.75. The Hall–Kier alpha value is -3.09. The van der Waals surface area contributed by atoms with Gasteiger partial charge in [-0.25, -0.2) is 9.18 Å². The van der Waals surface area contributed by atoms with Crippen LogP contribution in [0.25, 0.3) is 11.0 Å². The fraction of sp³-hybridized carbons (Fsp3) is 0.263. The number of amides is 1. The number of hydrogen-bond donors (Lipinski definition) is 3. The van der Waals surface area contributed by atoms with E-state index in [-0.39, 0.29) is 11.3 Å². The molecule has 1 aromatic heterocycles. The average Bonchev–Trinajstić information content (AvgIpc) is 3.01. The van der Waals surface area contributed by atoms with Gasteiger partial charge in [-0.1, -0.05) is 12.1 Å². The summed E-state index contributed by atoms with van der Waals surface area (Å²) in [5, 5.41) is 2.81. The maximum atomic E-state index is 13.9. The number of H-pyrrole nitrogens is 2. The Morgan fingerprint density at radius 3 is 2.46 bits per heavy atom. The van der Waals surface area contributed by atoms with Gasteiger partial charge in [0.15, 0.2) is 0 Å². The van der Waals surface area contributed by atoms with Crippen LogP contribution in [0.2, 0.25) is 0 Å². The zero-order valence-corrected chi connectivity index (χ0v) is 14.1. The molecule has 0 atom stereocenters. The van der Waals surface area contributed by atoms with Crippen molar-refractivity contribution in [2.75, 3.05) is 23.3 Å². The zero-order valence-electron chi connectivity index (χ0n) is 14.1. The molecule has 0 aliphatic carbocycles. The fourth-order valence-corrected chi connectivity index (χ4v) is 3.40. The lowest BCUT2D eigenvalue weighted by molar-refractivity contribution is 0.102. The number of imidazole rings is 1. The van der Waals surface area contributed by atoms with Crippen LogP contribution in [0.4, 0.5) is 15.8 Å². The van der Waals surface area contributed by atoms with Crippen LogP contribution in [-0.4, -0.2) is 29.0 Å². The highest BCUT2D eigenvalue weighted by molar-refractivity contribution is 6.07. The number of anilines is 2. The number of aromatic amines is 2. The fourth-order valence-electron chi connectivity index (χ4n) is 3.40. The van der Waals surface area contributed by atoms with Crippen molar-refractivity contribution in [2.24, 2.45) is 0 Å². The first-order valence-corrected chi connectivity index (χ1v) is 8.69. The van der Waals surface area contributed by atoms with E-state index in [1.54, 1.807) is 18.2 Å². The molecule has 6 nitrogen and oxygen atoms in total. The minimum Gasteiger partial charge on any atom is -0.370 e. The molecule has 1 aliphatic rings. The summed E-state index contributed by atoms with van der Waals surface area (Å²) < 4.78 is 13.9. The van der Waals surface area contributed by atoms with Crippen molar-refractivity contribution in [2.45, 2.75) is 19.3 Å². The van der Waals surface area contributed by atoms with Crippen molar-refractivity contribution in [1.29, 1.82) is 0 Å². The van der Waals surface area contributed by atoms with E-state index in [2.05, 4.69) is 20.2 Å². The topological polar surface area (TPSA) is 81.0 Å². The second-order valence-electron chi connectivity index (χ2n) is 6.48. The Morgan fingerprint density at radius 1 is 1.04 bits per heavy atom. The predicted molar refractivity (Wildman–Crippen MR) is 99.3 cm³/mol. The molecule has 26 heavy (non-hydrogen) atoms. The molecule has 1 amide bonds. The summed E-state index contributed by atoms with van der Waals surface area (Å²) in [4.78, 5) is 31.8. The van der Waals surface area contributed by atoms with Gasteiger partial charge in [0, 0.05) is 13.1 Å². The van der Waals surface area contributed by atoms with Gasteiger partial charge in [0.25, 0.3) is 5.91 Å². The Morgan fingerprint density at radius 2 is 1.73 bits per heavy atom. The van der Waals surface area contributed by atoms with E-state index < -0.39 is 11.7 Å². The first-order valence-electron chi connectivity index (χ1n) is 8.69. The van der Waals surface area contributed by atoms with Crippen molar-refractivity contribution in [3.8, 4) is 0 Å². The van der Waals surface area contributed by atoms with Crippen LogP contribution in [0, 0.1) is 5.82 Å². The van der Waals surface area contributed by atoms with Gasteiger partial charge >= 0.3 is 5.69 Å². The van der Waals surface area contributed by atoms with Crippen LogP contribution < -0.4 is 15.9 Å². The van der Waals surface area contributed by atoms with Crippen LogP contribution in [0.15, 0.2) is 41.2 Å². The summed E-state index contributed by atoms with van der Waals surface area (Å²) in [5.41, 5.74) is 2.35. The molecule has 1 aliphatic heterocycles. The Bertz CT molecular complexity index is 1020. The SMILES string of the molecule is O=C(Nc1cc2[nH]c(=O)[nH]c2cc1N1CCCCC1)c1ccccc1F. The molecule has 0 bridgehead atoms. The molecule has 1 saturated heterocycles. The van der Waals surface area contributed by atoms with E-state index in [0.717, 1.165) is 31.6 Å². The van der Waals surface area contributed by atoms with Gasteiger partial charge in [0.05, 0.1) is 28.0 Å². The van der Waals surface area contributed by atoms with Gasteiger partial charge < -0.3 is 20.2 Å². The number of halogens is 1. The molecular weight excluding hydrogens is 335 g/mol. The molecule has 1 fully saturated rings. The molecular formula is C19H19FN4O2. The molecule has 3 aromatic rings. The monoisotopic (exact) mass is 354 g/mol. The molecule has 134 valence electrons. The minimum absolute atomic E-state index is 0.0141. The smallest absolute Gasteiger partial charge is 0.323 e. The van der Waals surface area contributed by atoms with E-state index >= 15 is 0 Å². The molecule has 4 rings (SSSR count). The third-order valence-corrected chi connectivity index (χ3v) is 4.70. The van der Waals surface area contributed by atoms with Crippen molar-refractivity contribution in [1.82, 2.24) is 9.97 Å². The summed E-state index contributed by atoms with van der Waals surface area (Å²) in [7, 11) is 0. The number of fused-ring (bicyclic) bond motifs is 1. The average molecular weight is 354 g/mol. The van der Waals surface area contributed by atoms with Crippen LogP contribution in [0.5, 0.6) is 0 Å². The van der Waals surface area contributed by atoms with Gasteiger partial charge in [-0.15, -0.1) is 0 Å². The standard InChI is InChI=1S/C19H19FN4O2/c20-13-7-3-2-6-12(13)18(25)21-16-10-14-15(23-19(26)22-14)11-17(16)24-8-4-1-5-9-24/h2-3,6-7,10-11H,1,4-5,8-9H2,(H,21,25)(H2,22,23,26). The quantitative estimate of drug-likeness (QED) is 0.675. The number of hydrogen-bond acceptors (Lipinski definition) is 3. The van der Waals surface area contributed by atoms with E-state index in [4.69, 9.17) is 0 Å². The third-order valence-electron chi connectivity index (χ3n) is 4.70. The molecule has 0 saturated carbocycles. The van der Waals surface area contributed by atoms with E-state index in [1.807, 2.05) is 6.07 Å². The number of piperidine rings is 1. The van der Waals surface area contributed by atoms with Crippen LogP contribution in [0.3, 0.4) is 0 Å². The van der Waals surface area contributed by atoms with Gasteiger partial charge in [-0.3, -0.25) is 4.79 Å². The van der Waals surface area contributed by atoms with Gasteiger partial charge in [0.1, 0.15) is 5.82 Å². The summed E-state index contributed by atoms with van der Waals surface area (Å²) in [5.74, 6) is -1.08. The summed E-state index contributed by atoms with van der Waals surface area (Å²) in [6.07, 6.45) is 3.32. The maximum Gasteiger partial charge on any atom is 0.323 e. The lowest BCUT2D eigenvalue weighted by Crippen LogP contribution is -2.30. The maximum absolute atomic E-state index is 13.9. The molecule has 2 heterocycles. The van der Waals surface area contributed by atoms with Crippen molar-refractivity contribution >= 4 is 28.3 Å². The number of nitrogens with one attached hydrogen (secondary N) is 3. The molecule has 3 N–H and O–H groups in total. The molecule has 2 aromatic carbocycles. The Kier molecular flexibility index (Phi) is 4.20. The van der Waals surface area contributed by atoms with Crippen LogP contribution in [-0.2, 0) is 0 Å². The third kappa shape index (κ3) is 3.08. The second kappa shape index (κ2) is 6.67. The van der Waals surface area contributed by atoms with Crippen molar-refractivity contribution < 1.29 is 9.18 Å². The van der Waals surface area contributed by atoms with Gasteiger partial charge in [0.2, 0.25) is 0 Å². The summed E-state index contributed by atoms with van der Waals surface area (Å²) in [6.45, 7) is 1.76. The summed E-state index contributed by atoms with van der Waals surface area (Å²) in [6, 6.07) is 9.44. The summed E-state index contributed by atoms with van der Waals surface area (Å²) >= 11 is 0. The molecule has 0 unspecified atom stereocenters. The van der Waals surface area contributed by atoms with Crippen LogP contribution in [0.1, 0.15) is 29.6 Å². The molecule has 0 spiro atoms. The number of carbonyl (C=O) groups is 1. The molecule has 0 radical (unpaired) electrons. The van der Waals surface area contributed by atoms with Crippen molar-refractivity contribution in [3.63, 3.8) is 0 Å². The normalized spacial score (nSPS) is 14.6. The number of carbonyl (C=O) groups excluding carboxylic acids is 1. The Labute approximate surface area is 149 Å². The number of aromatic nitrogens is 2. The lowest BCUT2D eigenvalue weighted by Gasteiger charge is -2.30. The number of benzene rings is 2. The molecule has 7 heteroatoms. The minimum atomic E-state index is -0.569. The van der Waals surface area contributed by atoms with E-state index in [1.165, 1.54) is 18.6 Å². The van der Waals surface area contributed by atoms with Gasteiger partial charge in [-0.2, -0.15) is 0 Å². The highest BCUT2D eigenvalue weighted by Crippen LogP contribution is 2.32. The number of rotatable bonds is 3. The lowest BCUT2D eigenvalue weighted by atomic mass is 10.1. The second-order valence-corrected chi connectivity index (χ2v) is 6.48. The number of nitrogens with zero attached hydrogens (tertiary/aromatic N) is 1. The first kappa shape index (κ1) is 16.4. The van der Waals surface area contributed by atoms with E-state index in [0.29, 0.717) is 16.7 Å². The first-order chi connectivity index (χ1) is 12.6. The predicted octanol–water partition coefficient (Wildman–Crippen LogP) is 3.24. The van der Waals surface area contributed by atoms with E-state index in [9.17, 15) is 14.0 Å². The van der Waals surface area contributed by atoms with Crippen molar-refractivity contribution in [3.05, 3.63) is 58.3 Å². The largest absolute Gasteiger partial charge is 0.370 e. The highest BCUT2D eigenvalue weighted by atomic mass is 19.1. The van der Waals surface area contributed by atoms with Crippen LogP contribution >= 0.6 is 0 Å². The zero-order chi connectivity index (χ0) is 18.1. The van der Waals surface area contributed by atoms with Gasteiger partial charge in [-0.05, 0) is 43.5 Å².